The van der Waals surface area contributed by atoms with Crippen LogP contribution in [0.15, 0.2) is 48.7 Å². The Hall–Kier alpha value is -2.89. The van der Waals surface area contributed by atoms with Gasteiger partial charge >= 0.3 is 0 Å². The molecular formula is C22H26FN3O2. The third kappa shape index (κ3) is 3.72. The smallest absolute Gasteiger partial charge is 0.275 e. The zero-order valence-corrected chi connectivity index (χ0v) is 16.6. The number of rotatable bonds is 5. The lowest BCUT2D eigenvalue weighted by atomic mass is 10.2. The van der Waals surface area contributed by atoms with Crippen molar-refractivity contribution in [3.8, 4) is 0 Å². The number of carbonyl (C=O) groups excluding carboxylic acids is 2. The molecule has 0 aliphatic carbocycles. The number of nitrogens with zero attached hydrogens (tertiary/aromatic N) is 3. The fraction of sp³-hybridized carbons (Fsp3) is 0.364. The maximum absolute atomic E-state index is 13.6. The highest BCUT2D eigenvalue weighted by molar-refractivity contribution is 6.00. The fourth-order valence-electron chi connectivity index (χ4n) is 3.57. The summed E-state index contributed by atoms with van der Waals surface area (Å²) in [6, 6.07) is 5.81. The standard InChI is InChI=1S/C22H26FN3O2/c1-5-16(3)26(14-15(2)21(27)25-10-6-7-11-25)22(28)20-13-17-12-18(23)8-9-19(17)24(20)4/h5,8-9,12-14,16H,1,6-7,10-11H2,2-4H3/b15-14+. The van der Waals surface area contributed by atoms with Crippen LogP contribution >= 0.6 is 0 Å². The van der Waals surface area contributed by atoms with Crippen molar-refractivity contribution in [2.75, 3.05) is 13.1 Å². The Kier molecular flexibility index (Phi) is 5.68. The van der Waals surface area contributed by atoms with Gasteiger partial charge in [-0.2, -0.15) is 0 Å². The minimum Gasteiger partial charge on any atom is -0.340 e. The molecule has 148 valence electrons. The van der Waals surface area contributed by atoms with Gasteiger partial charge in [-0.05, 0) is 51.0 Å². The lowest BCUT2D eigenvalue weighted by molar-refractivity contribution is -0.126. The monoisotopic (exact) mass is 383 g/mol. The first-order valence-corrected chi connectivity index (χ1v) is 9.51. The van der Waals surface area contributed by atoms with Gasteiger partial charge in [-0.3, -0.25) is 9.59 Å². The Labute approximate surface area is 164 Å². The number of aromatic nitrogens is 1. The van der Waals surface area contributed by atoms with Gasteiger partial charge in [-0.25, -0.2) is 4.39 Å². The number of amides is 2. The molecule has 0 bridgehead atoms. The zero-order chi connectivity index (χ0) is 20.4. The number of benzene rings is 1. The van der Waals surface area contributed by atoms with Crippen molar-refractivity contribution in [1.82, 2.24) is 14.4 Å². The van der Waals surface area contributed by atoms with E-state index < -0.39 is 0 Å². The maximum Gasteiger partial charge on any atom is 0.275 e. The van der Waals surface area contributed by atoms with Crippen molar-refractivity contribution in [2.45, 2.75) is 32.7 Å². The SMILES string of the molecule is C=CC(C)N(/C=C(\C)C(=O)N1CCCC1)C(=O)c1cc2cc(F)ccc2n1C. The molecule has 0 radical (unpaired) electrons. The number of fused-ring (bicyclic) bond motifs is 1. The summed E-state index contributed by atoms with van der Waals surface area (Å²) in [6.07, 6.45) is 5.28. The summed E-state index contributed by atoms with van der Waals surface area (Å²) in [5.41, 5.74) is 1.70. The van der Waals surface area contributed by atoms with E-state index in [4.69, 9.17) is 0 Å². The molecular weight excluding hydrogens is 357 g/mol. The molecule has 6 heteroatoms. The van der Waals surface area contributed by atoms with Crippen molar-refractivity contribution >= 4 is 22.7 Å². The van der Waals surface area contributed by atoms with Crippen LogP contribution in [0.1, 0.15) is 37.2 Å². The molecule has 0 N–H and O–H groups in total. The summed E-state index contributed by atoms with van der Waals surface area (Å²) in [6.45, 7) is 8.87. The molecule has 1 fully saturated rings. The highest BCUT2D eigenvalue weighted by Crippen LogP contribution is 2.22. The normalized spacial score (nSPS) is 15.7. The van der Waals surface area contributed by atoms with Crippen LogP contribution in [0.2, 0.25) is 0 Å². The molecule has 0 saturated carbocycles. The van der Waals surface area contributed by atoms with Crippen LogP contribution in [0.5, 0.6) is 0 Å². The van der Waals surface area contributed by atoms with E-state index in [-0.39, 0.29) is 23.7 Å². The summed E-state index contributed by atoms with van der Waals surface area (Å²) in [4.78, 5) is 29.3. The van der Waals surface area contributed by atoms with Gasteiger partial charge < -0.3 is 14.4 Å². The topological polar surface area (TPSA) is 45.6 Å². The van der Waals surface area contributed by atoms with Gasteiger partial charge in [0.1, 0.15) is 11.5 Å². The third-order valence-corrected chi connectivity index (χ3v) is 5.30. The molecule has 3 rings (SSSR count). The predicted molar refractivity (Wildman–Crippen MR) is 108 cm³/mol. The first-order valence-electron chi connectivity index (χ1n) is 9.51. The molecule has 1 aromatic heterocycles. The van der Waals surface area contributed by atoms with Gasteiger partial charge in [0.25, 0.3) is 11.8 Å². The van der Waals surface area contributed by atoms with Gasteiger partial charge in [0, 0.05) is 42.8 Å². The van der Waals surface area contributed by atoms with Crippen molar-refractivity contribution in [3.63, 3.8) is 0 Å². The van der Waals surface area contributed by atoms with Crippen LogP contribution in [0, 0.1) is 5.82 Å². The average molecular weight is 383 g/mol. The largest absolute Gasteiger partial charge is 0.340 e. The van der Waals surface area contributed by atoms with Gasteiger partial charge in [0.2, 0.25) is 0 Å². The minimum atomic E-state index is -0.347. The molecule has 0 spiro atoms. The van der Waals surface area contributed by atoms with E-state index in [1.54, 1.807) is 42.9 Å². The molecule has 2 heterocycles. The van der Waals surface area contributed by atoms with Crippen molar-refractivity contribution < 1.29 is 14.0 Å². The van der Waals surface area contributed by atoms with Crippen LogP contribution < -0.4 is 0 Å². The van der Waals surface area contributed by atoms with Gasteiger partial charge in [-0.1, -0.05) is 6.08 Å². The van der Waals surface area contributed by atoms with Crippen molar-refractivity contribution in [1.29, 1.82) is 0 Å². The molecule has 1 aromatic carbocycles. The second-order valence-electron chi connectivity index (χ2n) is 7.29. The first-order chi connectivity index (χ1) is 13.3. The Morgan fingerprint density at radius 2 is 1.93 bits per heavy atom. The number of carbonyl (C=O) groups is 2. The molecule has 1 aliphatic rings. The second kappa shape index (κ2) is 8.00. The Balaban J connectivity index is 1.96. The summed E-state index contributed by atoms with van der Waals surface area (Å²) in [5, 5.41) is 0.658. The van der Waals surface area contributed by atoms with Gasteiger partial charge in [-0.15, -0.1) is 6.58 Å². The zero-order valence-electron chi connectivity index (χ0n) is 16.6. The summed E-state index contributed by atoms with van der Waals surface area (Å²) in [5.74, 6) is -0.661. The number of hydrogen-bond donors (Lipinski definition) is 0. The van der Waals surface area contributed by atoms with Crippen LogP contribution in [0.25, 0.3) is 10.9 Å². The summed E-state index contributed by atoms with van der Waals surface area (Å²) in [7, 11) is 1.77. The molecule has 1 aliphatic heterocycles. The second-order valence-corrected chi connectivity index (χ2v) is 7.29. The van der Waals surface area contributed by atoms with E-state index in [9.17, 15) is 14.0 Å². The summed E-state index contributed by atoms with van der Waals surface area (Å²) >= 11 is 0. The lowest BCUT2D eigenvalue weighted by Gasteiger charge is -2.25. The number of likely N-dealkylation sites (tertiary alicyclic amines) is 1. The van der Waals surface area contributed by atoms with Gasteiger partial charge in [0.05, 0.1) is 6.04 Å². The number of hydrogen-bond acceptors (Lipinski definition) is 2. The van der Waals surface area contributed by atoms with Gasteiger partial charge in [0.15, 0.2) is 0 Å². The molecule has 2 aromatic rings. The highest BCUT2D eigenvalue weighted by Gasteiger charge is 2.25. The molecule has 2 amide bonds. The highest BCUT2D eigenvalue weighted by atomic mass is 19.1. The molecule has 5 nitrogen and oxygen atoms in total. The fourth-order valence-corrected chi connectivity index (χ4v) is 3.57. The molecule has 1 atom stereocenters. The van der Waals surface area contributed by atoms with E-state index in [0.717, 1.165) is 31.4 Å². The Bertz CT molecular complexity index is 954. The van der Waals surface area contributed by atoms with E-state index in [0.29, 0.717) is 16.7 Å². The van der Waals surface area contributed by atoms with E-state index in [1.165, 1.54) is 17.0 Å². The van der Waals surface area contributed by atoms with Crippen molar-refractivity contribution in [2.24, 2.45) is 7.05 Å². The predicted octanol–water partition coefficient (Wildman–Crippen LogP) is 3.86. The van der Waals surface area contributed by atoms with Crippen LogP contribution in [-0.4, -0.2) is 45.3 Å². The molecule has 1 unspecified atom stereocenters. The quantitative estimate of drug-likeness (QED) is 0.581. The number of halogens is 1. The third-order valence-electron chi connectivity index (χ3n) is 5.30. The lowest BCUT2D eigenvalue weighted by Crippen LogP contribution is -2.36. The Morgan fingerprint density at radius 3 is 2.57 bits per heavy atom. The van der Waals surface area contributed by atoms with Crippen LogP contribution in [0.4, 0.5) is 4.39 Å². The molecule has 1 saturated heterocycles. The summed E-state index contributed by atoms with van der Waals surface area (Å²) < 4.78 is 15.3. The number of aryl methyl sites for hydroxylation is 1. The van der Waals surface area contributed by atoms with E-state index in [1.807, 2.05) is 11.8 Å². The van der Waals surface area contributed by atoms with E-state index in [2.05, 4.69) is 6.58 Å². The average Bonchev–Trinajstić information content (AvgIpc) is 3.32. The maximum atomic E-state index is 13.6. The van der Waals surface area contributed by atoms with Crippen LogP contribution in [-0.2, 0) is 11.8 Å². The van der Waals surface area contributed by atoms with Crippen molar-refractivity contribution in [3.05, 3.63) is 60.2 Å². The van der Waals surface area contributed by atoms with E-state index >= 15 is 0 Å². The first kappa shape index (κ1) is 19.9. The minimum absolute atomic E-state index is 0.0503. The molecule has 28 heavy (non-hydrogen) atoms. The van der Waals surface area contributed by atoms with Crippen LogP contribution in [0.3, 0.4) is 0 Å². The Morgan fingerprint density at radius 1 is 1.25 bits per heavy atom.